The van der Waals surface area contributed by atoms with Crippen LogP contribution in [0, 0.1) is 0 Å². The molecule has 0 radical (unpaired) electrons. The maximum atomic E-state index is 12.0. The molecule has 1 aromatic rings. The average molecular weight is 354 g/mol. The Kier molecular flexibility index (Phi) is 6.23. The van der Waals surface area contributed by atoms with Crippen LogP contribution in [0.3, 0.4) is 0 Å². The highest BCUT2D eigenvalue weighted by atomic mass is 16.6. The smallest absolute Gasteiger partial charge is 0.418 e. The monoisotopic (exact) mass is 354 g/mol. The highest BCUT2D eigenvalue weighted by Crippen LogP contribution is 2.12. The first kappa shape index (κ1) is 20.5. The summed E-state index contributed by atoms with van der Waals surface area (Å²) < 4.78 is 11.5. The summed E-state index contributed by atoms with van der Waals surface area (Å²) in [6.07, 6.45) is 1.58. The summed E-state index contributed by atoms with van der Waals surface area (Å²) in [5.41, 5.74) is -0.800. The first-order valence-corrected chi connectivity index (χ1v) is 7.89. The van der Waals surface area contributed by atoms with E-state index in [1.54, 1.807) is 47.6 Å². The van der Waals surface area contributed by atoms with Gasteiger partial charge in [0.25, 0.3) is 0 Å². The van der Waals surface area contributed by atoms with Crippen LogP contribution in [-0.2, 0) is 20.7 Å². The van der Waals surface area contributed by atoms with Gasteiger partial charge in [0.15, 0.2) is 0 Å². The summed E-state index contributed by atoms with van der Waals surface area (Å²) >= 11 is 0. The molecule has 1 amide bonds. The number of carboxylic acids is 1. The maximum absolute atomic E-state index is 12.0. The van der Waals surface area contributed by atoms with Crippen LogP contribution in [0.25, 0.3) is 0 Å². The lowest BCUT2D eigenvalue weighted by molar-refractivity contribution is -0.139. The second kappa shape index (κ2) is 7.58. The van der Waals surface area contributed by atoms with Crippen LogP contribution in [-0.4, -0.2) is 45.1 Å². The van der Waals surface area contributed by atoms with E-state index >= 15 is 0 Å². The Morgan fingerprint density at radius 3 is 2.16 bits per heavy atom. The normalized spacial score (nSPS) is 13.0. The number of aliphatic carboxylic acids is 1. The van der Waals surface area contributed by atoms with Gasteiger partial charge >= 0.3 is 18.2 Å². The van der Waals surface area contributed by atoms with Gasteiger partial charge in [0.2, 0.25) is 0 Å². The van der Waals surface area contributed by atoms with Gasteiger partial charge < -0.3 is 19.9 Å². The van der Waals surface area contributed by atoms with Crippen LogP contribution in [0.1, 0.15) is 47.1 Å². The fourth-order valence-electron chi connectivity index (χ4n) is 1.88. The molecule has 8 nitrogen and oxygen atoms in total. The van der Waals surface area contributed by atoms with E-state index in [0.717, 1.165) is 0 Å². The average Bonchev–Trinajstić information content (AvgIpc) is 2.82. The molecule has 1 rings (SSSR count). The lowest BCUT2D eigenvalue weighted by atomic mass is 10.1. The van der Waals surface area contributed by atoms with Crippen molar-refractivity contribution < 1.29 is 29.0 Å². The molecule has 0 aliphatic carbocycles. The van der Waals surface area contributed by atoms with Crippen molar-refractivity contribution >= 4 is 18.2 Å². The number of ether oxygens (including phenoxy) is 2. The van der Waals surface area contributed by atoms with Gasteiger partial charge in [0.1, 0.15) is 17.2 Å². The lowest BCUT2D eigenvalue weighted by Gasteiger charge is -2.21. The molecule has 0 aliphatic heterocycles. The predicted molar refractivity (Wildman–Crippen MR) is 90.6 cm³/mol. The van der Waals surface area contributed by atoms with Crippen LogP contribution in [0.5, 0.6) is 0 Å². The first-order chi connectivity index (χ1) is 11.3. The summed E-state index contributed by atoms with van der Waals surface area (Å²) in [5, 5.41) is 11.6. The summed E-state index contributed by atoms with van der Waals surface area (Å²) in [6.45, 7) is 10.3. The quantitative estimate of drug-likeness (QED) is 0.861. The number of amides is 1. The van der Waals surface area contributed by atoms with Crippen molar-refractivity contribution in [1.29, 1.82) is 0 Å². The number of aromatic nitrogens is 1. The fourth-order valence-corrected chi connectivity index (χ4v) is 1.88. The minimum atomic E-state index is -1.20. The molecule has 0 aliphatic rings. The molecule has 140 valence electrons. The molecule has 2 N–H and O–H groups in total. The number of rotatable bonds is 4. The van der Waals surface area contributed by atoms with E-state index in [1.165, 1.54) is 17.0 Å². The van der Waals surface area contributed by atoms with Crippen molar-refractivity contribution in [3.05, 3.63) is 24.0 Å². The van der Waals surface area contributed by atoms with E-state index in [1.807, 2.05) is 0 Å². The van der Waals surface area contributed by atoms with Crippen molar-refractivity contribution in [2.24, 2.45) is 0 Å². The molecule has 0 bridgehead atoms. The van der Waals surface area contributed by atoms with Crippen molar-refractivity contribution in [3.8, 4) is 0 Å². The maximum Gasteiger partial charge on any atom is 0.418 e. The largest absolute Gasteiger partial charge is 0.480 e. The van der Waals surface area contributed by atoms with Crippen LogP contribution in [0.2, 0.25) is 0 Å². The van der Waals surface area contributed by atoms with E-state index in [4.69, 9.17) is 9.47 Å². The van der Waals surface area contributed by atoms with Gasteiger partial charge in [-0.15, -0.1) is 0 Å². The third-order valence-electron chi connectivity index (χ3n) is 2.79. The Balaban J connectivity index is 2.76. The molecule has 0 saturated carbocycles. The van der Waals surface area contributed by atoms with Gasteiger partial charge in [-0.05, 0) is 53.2 Å². The van der Waals surface area contributed by atoms with Crippen molar-refractivity contribution in [2.45, 2.75) is 65.2 Å². The number of hydrogen-bond donors (Lipinski definition) is 2. The van der Waals surface area contributed by atoms with E-state index in [-0.39, 0.29) is 6.42 Å². The summed E-state index contributed by atoms with van der Waals surface area (Å²) in [4.78, 5) is 35.1. The Morgan fingerprint density at radius 1 is 1.12 bits per heavy atom. The topological polar surface area (TPSA) is 107 Å². The number of hydrogen-bond acceptors (Lipinski definition) is 5. The molecular weight excluding hydrogens is 328 g/mol. The Morgan fingerprint density at radius 2 is 1.68 bits per heavy atom. The number of nitrogens with one attached hydrogen (secondary N) is 1. The number of carbonyl (C=O) groups is 3. The Bertz CT molecular complexity index is 636. The van der Waals surface area contributed by atoms with Gasteiger partial charge in [-0.3, -0.25) is 4.57 Å². The second-order valence-corrected chi connectivity index (χ2v) is 7.65. The molecule has 0 spiro atoms. The van der Waals surface area contributed by atoms with E-state index < -0.39 is 35.4 Å². The molecule has 0 fully saturated rings. The zero-order valence-corrected chi connectivity index (χ0v) is 15.5. The predicted octanol–water partition coefficient (Wildman–Crippen LogP) is 2.79. The Labute approximate surface area is 147 Å². The Hall–Kier alpha value is -2.51. The number of nitrogens with zero attached hydrogens (tertiary/aromatic N) is 1. The van der Waals surface area contributed by atoms with Gasteiger partial charge in [-0.2, -0.15) is 0 Å². The molecule has 0 aromatic carbocycles. The second-order valence-electron chi connectivity index (χ2n) is 7.65. The molecule has 25 heavy (non-hydrogen) atoms. The van der Waals surface area contributed by atoms with Crippen molar-refractivity contribution in [2.75, 3.05) is 0 Å². The van der Waals surface area contributed by atoms with Crippen molar-refractivity contribution in [1.82, 2.24) is 9.88 Å². The molecule has 0 saturated heterocycles. The minimum absolute atomic E-state index is 0.00434. The molecule has 1 aromatic heterocycles. The first-order valence-electron chi connectivity index (χ1n) is 7.89. The van der Waals surface area contributed by atoms with E-state index in [9.17, 15) is 19.5 Å². The van der Waals surface area contributed by atoms with E-state index in [0.29, 0.717) is 5.56 Å². The molecule has 1 atom stereocenters. The number of carbonyl (C=O) groups excluding carboxylic acids is 2. The molecule has 1 heterocycles. The lowest BCUT2D eigenvalue weighted by Crippen LogP contribution is -2.44. The highest BCUT2D eigenvalue weighted by molar-refractivity contribution is 5.80. The number of alkyl carbamates (subject to hydrolysis) is 1. The fraction of sp³-hybridized carbons (Fsp3) is 0.588. The summed E-state index contributed by atoms with van der Waals surface area (Å²) in [7, 11) is 0. The van der Waals surface area contributed by atoms with Gasteiger partial charge in [-0.1, -0.05) is 0 Å². The third-order valence-corrected chi connectivity index (χ3v) is 2.79. The van der Waals surface area contributed by atoms with Crippen LogP contribution >= 0.6 is 0 Å². The van der Waals surface area contributed by atoms with Crippen molar-refractivity contribution in [3.63, 3.8) is 0 Å². The summed E-state index contributed by atoms with van der Waals surface area (Å²) in [5.74, 6) is -1.20. The van der Waals surface area contributed by atoms with Gasteiger partial charge in [0, 0.05) is 18.8 Å². The highest BCUT2D eigenvalue weighted by Gasteiger charge is 2.25. The third kappa shape index (κ3) is 7.73. The van der Waals surface area contributed by atoms with Gasteiger partial charge in [0.05, 0.1) is 0 Å². The number of carboxylic acid groups (broad SMARTS) is 1. The van der Waals surface area contributed by atoms with Crippen LogP contribution in [0.4, 0.5) is 9.59 Å². The molecule has 8 heteroatoms. The SMILES string of the molecule is CC(C)(C)OC(=O)NC(Cc1ccn(C(=O)OC(C)(C)C)c1)C(=O)O. The van der Waals surface area contributed by atoms with E-state index in [2.05, 4.69) is 5.32 Å². The summed E-state index contributed by atoms with van der Waals surface area (Å²) in [6, 6.07) is 0.417. The minimum Gasteiger partial charge on any atom is -0.480 e. The molecular formula is C17H26N2O6. The standard InChI is InChI=1S/C17H26N2O6/c1-16(2,3)24-14(22)18-12(13(20)21)9-11-7-8-19(10-11)15(23)25-17(4,5)6/h7-8,10,12H,9H2,1-6H3,(H,18,22)(H,20,21). The van der Waals surface area contributed by atoms with Gasteiger partial charge in [-0.25, -0.2) is 14.4 Å². The van der Waals surface area contributed by atoms with Crippen LogP contribution in [0.15, 0.2) is 18.5 Å². The zero-order chi connectivity index (χ0) is 19.4. The molecule has 1 unspecified atom stereocenters. The van der Waals surface area contributed by atoms with Crippen LogP contribution < -0.4 is 5.32 Å². The zero-order valence-electron chi connectivity index (χ0n) is 15.5.